The molecule has 0 heterocycles. The number of para-hydroxylation sites is 1. The predicted octanol–water partition coefficient (Wildman–Crippen LogP) is 5.05. The lowest BCUT2D eigenvalue weighted by Gasteiger charge is -2.17. The lowest BCUT2D eigenvalue weighted by atomic mass is 10.0. The zero-order valence-corrected chi connectivity index (χ0v) is 16.7. The third-order valence-corrected chi connectivity index (χ3v) is 4.71. The normalized spacial score (nSPS) is 12.1. The van der Waals surface area contributed by atoms with Crippen molar-refractivity contribution in [3.05, 3.63) is 101 Å². The third-order valence-electron chi connectivity index (χ3n) is 4.71. The standard InChI is InChI=1S/C24H21F3N2O2/c1-16(28-23(31)19-11-7-12-20(15-19)24(25,26)27)22(30)29-21-13-6-5-10-18(21)14-17-8-3-2-4-9-17/h2-13,15-16H,14H2,1H3,(H,28,31)(H,29,30). The molecule has 3 rings (SSSR count). The van der Waals surface area contributed by atoms with Crippen molar-refractivity contribution in [3.63, 3.8) is 0 Å². The summed E-state index contributed by atoms with van der Waals surface area (Å²) in [6.45, 7) is 1.47. The number of hydrogen-bond acceptors (Lipinski definition) is 2. The second-order valence-corrected chi connectivity index (χ2v) is 7.08. The molecule has 0 aliphatic carbocycles. The van der Waals surface area contributed by atoms with E-state index in [1.165, 1.54) is 13.0 Å². The fourth-order valence-electron chi connectivity index (χ4n) is 3.04. The van der Waals surface area contributed by atoms with E-state index in [4.69, 9.17) is 0 Å². The van der Waals surface area contributed by atoms with Crippen LogP contribution in [-0.4, -0.2) is 17.9 Å². The summed E-state index contributed by atoms with van der Waals surface area (Å²) in [5, 5.41) is 5.24. The molecule has 0 aliphatic rings. The number of halogens is 3. The molecule has 1 unspecified atom stereocenters. The van der Waals surface area contributed by atoms with E-state index in [0.717, 1.165) is 29.3 Å². The van der Waals surface area contributed by atoms with Crippen LogP contribution in [0.4, 0.5) is 18.9 Å². The first kappa shape index (κ1) is 22.1. The SMILES string of the molecule is CC(NC(=O)c1cccc(C(F)(F)F)c1)C(=O)Nc1ccccc1Cc1ccccc1. The molecule has 160 valence electrons. The Labute approximate surface area is 178 Å². The highest BCUT2D eigenvalue weighted by molar-refractivity contribution is 6.01. The number of alkyl halides is 3. The summed E-state index contributed by atoms with van der Waals surface area (Å²) in [5.74, 6) is -1.23. The Balaban J connectivity index is 1.67. The molecule has 2 N–H and O–H groups in total. The van der Waals surface area contributed by atoms with Crippen molar-refractivity contribution in [2.24, 2.45) is 0 Å². The van der Waals surface area contributed by atoms with Gasteiger partial charge in [-0.25, -0.2) is 0 Å². The van der Waals surface area contributed by atoms with Crippen LogP contribution in [0, 0.1) is 0 Å². The number of hydrogen-bond donors (Lipinski definition) is 2. The third kappa shape index (κ3) is 5.94. The summed E-state index contributed by atoms with van der Waals surface area (Å²) in [6, 6.07) is 20.2. The minimum Gasteiger partial charge on any atom is -0.341 e. The van der Waals surface area contributed by atoms with E-state index in [9.17, 15) is 22.8 Å². The Bertz CT molecular complexity index is 1070. The lowest BCUT2D eigenvalue weighted by molar-refractivity contribution is -0.137. The van der Waals surface area contributed by atoms with E-state index in [0.29, 0.717) is 12.1 Å². The van der Waals surface area contributed by atoms with Crippen LogP contribution in [-0.2, 0) is 17.4 Å². The average Bonchev–Trinajstić information content (AvgIpc) is 2.75. The Morgan fingerprint density at radius 1 is 0.903 bits per heavy atom. The number of rotatable bonds is 6. The van der Waals surface area contributed by atoms with Gasteiger partial charge in [-0.2, -0.15) is 13.2 Å². The van der Waals surface area contributed by atoms with Crippen LogP contribution in [0.5, 0.6) is 0 Å². The van der Waals surface area contributed by atoms with Gasteiger partial charge < -0.3 is 10.6 Å². The van der Waals surface area contributed by atoms with Crippen molar-refractivity contribution in [3.8, 4) is 0 Å². The van der Waals surface area contributed by atoms with Crippen LogP contribution in [0.25, 0.3) is 0 Å². The van der Waals surface area contributed by atoms with E-state index >= 15 is 0 Å². The molecule has 0 fully saturated rings. The van der Waals surface area contributed by atoms with Gasteiger partial charge in [-0.15, -0.1) is 0 Å². The highest BCUT2D eigenvalue weighted by atomic mass is 19.4. The summed E-state index contributed by atoms with van der Waals surface area (Å²) < 4.78 is 38.6. The van der Waals surface area contributed by atoms with Gasteiger partial charge in [-0.3, -0.25) is 9.59 Å². The van der Waals surface area contributed by atoms with Gasteiger partial charge in [0.1, 0.15) is 6.04 Å². The summed E-state index contributed by atoms with van der Waals surface area (Å²) in [4.78, 5) is 24.9. The number of amides is 2. The van der Waals surface area contributed by atoms with Gasteiger partial charge in [0.05, 0.1) is 5.56 Å². The number of carbonyl (C=O) groups is 2. The first-order valence-electron chi connectivity index (χ1n) is 9.65. The Kier molecular flexibility index (Phi) is 6.74. The zero-order valence-electron chi connectivity index (χ0n) is 16.7. The van der Waals surface area contributed by atoms with Gasteiger partial charge in [-0.05, 0) is 48.7 Å². The van der Waals surface area contributed by atoms with Crippen molar-refractivity contribution >= 4 is 17.5 Å². The molecule has 3 aromatic rings. The molecular formula is C24H21F3N2O2. The maximum atomic E-state index is 12.9. The maximum Gasteiger partial charge on any atom is 0.416 e. The fraction of sp³-hybridized carbons (Fsp3) is 0.167. The molecule has 31 heavy (non-hydrogen) atoms. The molecule has 3 aromatic carbocycles. The van der Waals surface area contributed by atoms with Gasteiger partial charge in [0.15, 0.2) is 0 Å². The lowest BCUT2D eigenvalue weighted by Crippen LogP contribution is -2.41. The molecule has 0 aromatic heterocycles. The summed E-state index contributed by atoms with van der Waals surface area (Å²) >= 11 is 0. The maximum absolute atomic E-state index is 12.9. The summed E-state index contributed by atoms with van der Waals surface area (Å²) in [7, 11) is 0. The van der Waals surface area contributed by atoms with Gasteiger partial charge in [0.2, 0.25) is 5.91 Å². The molecular weight excluding hydrogens is 405 g/mol. The van der Waals surface area contributed by atoms with Crippen molar-refractivity contribution in [1.29, 1.82) is 0 Å². The highest BCUT2D eigenvalue weighted by Gasteiger charge is 2.31. The van der Waals surface area contributed by atoms with Crippen molar-refractivity contribution in [2.45, 2.75) is 25.6 Å². The summed E-state index contributed by atoms with van der Waals surface area (Å²) in [6.07, 6.45) is -3.94. The predicted molar refractivity (Wildman–Crippen MR) is 113 cm³/mol. The van der Waals surface area contributed by atoms with Crippen LogP contribution in [0.15, 0.2) is 78.9 Å². The fourth-order valence-corrected chi connectivity index (χ4v) is 3.04. The molecule has 4 nitrogen and oxygen atoms in total. The van der Waals surface area contributed by atoms with E-state index in [-0.39, 0.29) is 5.56 Å². The first-order chi connectivity index (χ1) is 14.7. The van der Waals surface area contributed by atoms with Crippen molar-refractivity contribution < 1.29 is 22.8 Å². The van der Waals surface area contributed by atoms with Crippen LogP contribution < -0.4 is 10.6 Å². The molecule has 7 heteroatoms. The molecule has 0 aliphatic heterocycles. The number of nitrogens with one attached hydrogen (secondary N) is 2. The molecule has 1 atom stereocenters. The van der Waals surface area contributed by atoms with E-state index in [1.807, 2.05) is 42.5 Å². The molecule has 0 bridgehead atoms. The Morgan fingerprint density at radius 3 is 2.29 bits per heavy atom. The van der Waals surface area contributed by atoms with Crippen molar-refractivity contribution in [2.75, 3.05) is 5.32 Å². The smallest absolute Gasteiger partial charge is 0.341 e. The topological polar surface area (TPSA) is 58.2 Å². The molecule has 0 saturated carbocycles. The van der Waals surface area contributed by atoms with Gasteiger partial charge in [0.25, 0.3) is 5.91 Å². The molecule has 2 amide bonds. The second-order valence-electron chi connectivity index (χ2n) is 7.08. The second kappa shape index (κ2) is 9.47. The monoisotopic (exact) mass is 426 g/mol. The van der Waals surface area contributed by atoms with E-state index < -0.39 is 29.6 Å². The zero-order chi connectivity index (χ0) is 22.4. The van der Waals surface area contributed by atoms with E-state index in [2.05, 4.69) is 10.6 Å². The number of benzene rings is 3. The quantitative estimate of drug-likeness (QED) is 0.579. The Hall–Kier alpha value is -3.61. The van der Waals surface area contributed by atoms with Gasteiger partial charge in [0, 0.05) is 11.3 Å². The van der Waals surface area contributed by atoms with Crippen LogP contribution in [0.2, 0.25) is 0 Å². The van der Waals surface area contributed by atoms with Crippen LogP contribution >= 0.6 is 0 Å². The molecule has 0 saturated heterocycles. The molecule has 0 radical (unpaired) electrons. The minimum atomic E-state index is -4.55. The average molecular weight is 426 g/mol. The summed E-state index contributed by atoms with van der Waals surface area (Å²) in [5.41, 5.74) is 1.50. The Morgan fingerprint density at radius 2 is 1.58 bits per heavy atom. The largest absolute Gasteiger partial charge is 0.416 e. The van der Waals surface area contributed by atoms with Crippen LogP contribution in [0.3, 0.4) is 0 Å². The molecule has 0 spiro atoms. The number of anilines is 1. The van der Waals surface area contributed by atoms with Crippen LogP contribution in [0.1, 0.15) is 34.0 Å². The van der Waals surface area contributed by atoms with Gasteiger partial charge in [-0.1, -0.05) is 54.6 Å². The number of carbonyl (C=O) groups excluding carboxylic acids is 2. The van der Waals surface area contributed by atoms with Crippen molar-refractivity contribution in [1.82, 2.24) is 5.32 Å². The van der Waals surface area contributed by atoms with Gasteiger partial charge >= 0.3 is 6.18 Å². The van der Waals surface area contributed by atoms with E-state index in [1.54, 1.807) is 12.1 Å². The first-order valence-corrected chi connectivity index (χ1v) is 9.65. The highest BCUT2D eigenvalue weighted by Crippen LogP contribution is 2.29. The minimum absolute atomic E-state index is 0.168.